The number of fused-ring (bicyclic) bond motifs is 7. The molecule has 0 aliphatic rings. The Balaban J connectivity index is 1.25. The van der Waals surface area contributed by atoms with Gasteiger partial charge >= 0.3 is 0 Å². The van der Waals surface area contributed by atoms with Crippen LogP contribution in [0.15, 0.2) is 162 Å². The lowest BCUT2D eigenvalue weighted by atomic mass is 10.1. The third-order valence-corrected chi connectivity index (χ3v) is 9.54. The fourth-order valence-corrected chi connectivity index (χ4v) is 7.37. The second kappa shape index (κ2) is 11.2. The Morgan fingerprint density at radius 3 is 2.00 bits per heavy atom. The smallest absolute Gasteiger partial charge is 0.160 e. The van der Waals surface area contributed by atoms with Crippen LogP contribution in [-0.4, -0.2) is 16.1 Å². The Bertz CT molecular complexity index is 2430. The van der Waals surface area contributed by atoms with Crippen LogP contribution in [0.5, 0.6) is 0 Å². The first-order valence-electron chi connectivity index (χ1n) is 15.0. The van der Waals surface area contributed by atoms with Gasteiger partial charge < -0.3 is 4.57 Å². The molecule has 6 aromatic carbocycles. The topological polar surface area (TPSA) is 29.6 Å². The molecule has 8 aromatic rings. The maximum Gasteiger partial charge on any atom is 0.160 e. The maximum absolute atomic E-state index is 5.04. The van der Waals surface area contributed by atoms with Crippen LogP contribution in [0.25, 0.3) is 53.4 Å². The molecule has 0 aliphatic carbocycles. The van der Waals surface area contributed by atoms with Gasteiger partial charge in [-0.05, 0) is 53.1 Å². The lowest BCUT2D eigenvalue weighted by molar-refractivity contribution is 1.19. The molecular formula is C41H29N3S. The van der Waals surface area contributed by atoms with Gasteiger partial charge in [-0.1, -0.05) is 128 Å². The number of hydrogen-bond acceptors (Lipinski definition) is 2. The maximum atomic E-state index is 5.04. The minimum atomic E-state index is 0.640. The minimum absolute atomic E-state index is 0.640. The van der Waals surface area contributed by atoms with Crippen LogP contribution in [0.4, 0.5) is 0 Å². The molecular weight excluding hydrogens is 567 g/mol. The molecule has 45 heavy (non-hydrogen) atoms. The van der Waals surface area contributed by atoms with Crippen molar-refractivity contribution in [2.24, 2.45) is 9.98 Å². The van der Waals surface area contributed by atoms with Crippen molar-refractivity contribution in [3.05, 3.63) is 169 Å². The van der Waals surface area contributed by atoms with E-state index in [0.717, 1.165) is 28.1 Å². The van der Waals surface area contributed by atoms with Crippen molar-refractivity contribution in [3.63, 3.8) is 0 Å². The van der Waals surface area contributed by atoms with Crippen LogP contribution in [0.3, 0.4) is 0 Å². The second-order valence-electron chi connectivity index (χ2n) is 11.2. The molecule has 0 unspecified atom stereocenters. The van der Waals surface area contributed by atoms with E-state index in [4.69, 9.17) is 9.98 Å². The van der Waals surface area contributed by atoms with Crippen molar-refractivity contribution >= 4 is 70.6 Å². The SMILES string of the molecule is C=C(N=C(N=C(C)c1ccc(-n2c3ccccc3c3sc4ccc5ccccc5c4c32)cc1)c1ccccc1)c1ccccc1. The summed E-state index contributed by atoms with van der Waals surface area (Å²) < 4.78 is 5.05. The van der Waals surface area contributed by atoms with E-state index >= 15 is 0 Å². The van der Waals surface area contributed by atoms with E-state index in [1.807, 2.05) is 78.9 Å². The quantitative estimate of drug-likeness (QED) is 0.140. The summed E-state index contributed by atoms with van der Waals surface area (Å²) in [5.41, 5.74) is 8.14. The number of thiophene rings is 1. The molecule has 3 nitrogen and oxygen atoms in total. The summed E-state index contributed by atoms with van der Waals surface area (Å²) in [5.74, 6) is 0.640. The Labute approximate surface area is 265 Å². The Morgan fingerprint density at radius 1 is 0.600 bits per heavy atom. The molecule has 2 aromatic heterocycles. The highest BCUT2D eigenvalue weighted by atomic mass is 32.1. The summed E-state index contributed by atoms with van der Waals surface area (Å²) in [7, 11) is 0. The van der Waals surface area contributed by atoms with E-state index in [1.165, 1.54) is 42.0 Å². The number of aliphatic imine (C=N–C) groups is 2. The van der Waals surface area contributed by atoms with Crippen LogP contribution >= 0.6 is 11.3 Å². The highest BCUT2D eigenvalue weighted by molar-refractivity contribution is 7.27. The van der Waals surface area contributed by atoms with Crippen molar-refractivity contribution in [2.45, 2.75) is 6.92 Å². The van der Waals surface area contributed by atoms with E-state index in [-0.39, 0.29) is 0 Å². The zero-order chi connectivity index (χ0) is 30.3. The fourth-order valence-electron chi connectivity index (χ4n) is 6.14. The molecule has 0 N–H and O–H groups in total. The van der Waals surface area contributed by atoms with Crippen molar-refractivity contribution in [1.29, 1.82) is 0 Å². The van der Waals surface area contributed by atoms with Gasteiger partial charge in [0, 0.05) is 32.4 Å². The molecule has 0 fully saturated rings. The van der Waals surface area contributed by atoms with Gasteiger partial charge in [0.05, 0.1) is 21.4 Å². The largest absolute Gasteiger partial charge is 0.308 e. The lowest BCUT2D eigenvalue weighted by Gasteiger charge is -2.11. The first-order valence-corrected chi connectivity index (χ1v) is 15.9. The molecule has 8 rings (SSSR count). The van der Waals surface area contributed by atoms with E-state index in [2.05, 4.69) is 96.1 Å². The molecule has 0 radical (unpaired) electrons. The van der Waals surface area contributed by atoms with Gasteiger partial charge in [0.15, 0.2) is 5.84 Å². The van der Waals surface area contributed by atoms with Gasteiger partial charge in [-0.3, -0.25) is 0 Å². The number of amidine groups is 1. The van der Waals surface area contributed by atoms with Crippen LogP contribution < -0.4 is 0 Å². The normalized spacial score (nSPS) is 12.5. The zero-order valence-electron chi connectivity index (χ0n) is 24.8. The number of rotatable bonds is 5. The monoisotopic (exact) mass is 595 g/mol. The summed E-state index contributed by atoms with van der Waals surface area (Å²) in [6, 6.07) is 50.8. The van der Waals surface area contributed by atoms with Crippen molar-refractivity contribution < 1.29 is 0 Å². The molecule has 0 saturated carbocycles. The molecule has 2 heterocycles. The van der Waals surface area contributed by atoms with Crippen LogP contribution in [0, 0.1) is 0 Å². The Hall–Kier alpha value is -5.58. The fraction of sp³-hybridized carbons (Fsp3) is 0.0244. The summed E-state index contributed by atoms with van der Waals surface area (Å²) in [4.78, 5) is 9.93. The number of aromatic nitrogens is 1. The lowest BCUT2D eigenvalue weighted by Crippen LogP contribution is -2.04. The molecule has 214 valence electrons. The van der Waals surface area contributed by atoms with E-state index in [1.54, 1.807) is 0 Å². The van der Waals surface area contributed by atoms with Crippen molar-refractivity contribution in [2.75, 3.05) is 0 Å². The van der Waals surface area contributed by atoms with E-state index in [9.17, 15) is 0 Å². The highest BCUT2D eigenvalue weighted by Crippen LogP contribution is 2.44. The summed E-state index contributed by atoms with van der Waals surface area (Å²) >= 11 is 1.88. The second-order valence-corrected chi connectivity index (χ2v) is 12.2. The Morgan fingerprint density at radius 2 is 1.24 bits per heavy atom. The van der Waals surface area contributed by atoms with Crippen molar-refractivity contribution in [3.8, 4) is 5.69 Å². The number of para-hydroxylation sites is 1. The zero-order valence-corrected chi connectivity index (χ0v) is 25.6. The Kier molecular flexibility index (Phi) is 6.70. The first-order chi connectivity index (χ1) is 22.2. The van der Waals surface area contributed by atoms with Gasteiger partial charge in [-0.15, -0.1) is 11.3 Å². The van der Waals surface area contributed by atoms with Gasteiger partial charge in [0.25, 0.3) is 0 Å². The highest BCUT2D eigenvalue weighted by Gasteiger charge is 2.19. The molecule has 4 heteroatoms. The van der Waals surface area contributed by atoms with Crippen LogP contribution in [-0.2, 0) is 0 Å². The molecule has 0 atom stereocenters. The predicted octanol–water partition coefficient (Wildman–Crippen LogP) is 11.1. The third kappa shape index (κ3) is 4.76. The number of benzene rings is 6. The molecule has 0 saturated heterocycles. The standard InChI is InChI=1S/C41H29N3S/c1-27(29-13-5-3-6-14-29)42-41(32-16-7-4-8-17-32)43-28(2)30-21-24-33(25-22-30)44-36-20-12-11-19-35(36)40-39(44)38-34-18-10-9-15-31(34)23-26-37(38)45-40/h3-26H,1H2,2H3. The minimum Gasteiger partial charge on any atom is -0.308 e. The van der Waals surface area contributed by atoms with Crippen molar-refractivity contribution in [1.82, 2.24) is 4.57 Å². The molecule has 0 bridgehead atoms. The van der Waals surface area contributed by atoms with Gasteiger partial charge in [-0.2, -0.15) is 0 Å². The van der Waals surface area contributed by atoms with E-state index < -0.39 is 0 Å². The summed E-state index contributed by atoms with van der Waals surface area (Å²) in [6.07, 6.45) is 0. The summed E-state index contributed by atoms with van der Waals surface area (Å²) in [5, 5.41) is 5.14. The third-order valence-electron chi connectivity index (χ3n) is 8.36. The molecule has 0 amide bonds. The van der Waals surface area contributed by atoms with Crippen LogP contribution in [0.1, 0.15) is 23.6 Å². The van der Waals surface area contributed by atoms with E-state index in [0.29, 0.717) is 11.5 Å². The van der Waals surface area contributed by atoms with Crippen LogP contribution in [0.2, 0.25) is 0 Å². The predicted molar refractivity (Wildman–Crippen MR) is 194 cm³/mol. The molecule has 0 aliphatic heterocycles. The molecule has 0 spiro atoms. The average molecular weight is 596 g/mol. The van der Waals surface area contributed by atoms with Gasteiger partial charge in [0.1, 0.15) is 0 Å². The first kappa shape index (κ1) is 27.0. The van der Waals surface area contributed by atoms with Gasteiger partial charge in [0.2, 0.25) is 0 Å². The summed E-state index contributed by atoms with van der Waals surface area (Å²) in [6.45, 7) is 6.28. The average Bonchev–Trinajstić information content (AvgIpc) is 3.63. The number of nitrogens with zero attached hydrogens (tertiary/aromatic N) is 3. The van der Waals surface area contributed by atoms with Gasteiger partial charge in [-0.25, -0.2) is 9.98 Å². The number of hydrogen-bond donors (Lipinski definition) is 0.